The van der Waals surface area contributed by atoms with Gasteiger partial charge < -0.3 is 5.32 Å². The zero-order valence-corrected chi connectivity index (χ0v) is 8.71. The zero-order chi connectivity index (χ0) is 11.0. The van der Waals surface area contributed by atoms with Gasteiger partial charge in [-0.25, -0.2) is 9.89 Å². The van der Waals surface area contributed by atoms with Crippen molar-refractivity contribution < 1.29 is 0 Å². The van der Waals surface area contributed by atoms with Gasteiger partial charge in [-0.1, -0.05) is 0 Å². The summed E-state index contributed by atoms with van der Waals surface area (Å²) in [6, 6.07) is 6.08. The van der Waals surface area contributed by atoms with E-state index in [9.17, 15) is 4.79 Å². The highest BCUT2D eigenvalue weighted by Gasteiger charge is 2.10. The second-order valence-electron chi connectivity index (χ2n) is 3.93. The summed E-state index contributed by atoms with van der Waals surface area (Å²) < 4.78 is 0. The maximum Gasteiger partial charge on any atom is 0.340 e. The number of anilines is 1. The van der Waals surface area contributed by atoms with Crippen LogP contribution in [0.25, 0.3) is 11.4 Å². The molecule has 0 saturated heterocycles. The Morgan fingerprint density at radius 1 is 1.31 bits per heavy atom. The first-order chi connectivity index (χ1) is 7.83. The average Bonchev–Trinajstić information content (AvgIpc) is 2.75. The number of aryl methyl sites for hydroxylation is 1. The van der Waals surface area contributed by atoms with Crippen molar-refractivity contribution in [3.63, 3.8) is 0 Å². The molecule has 0 saturated carbocycles. The van der Waals surface area contributed by atoms with Crippen LogP contribution >= 0.6 is 0 Å². The van der Waals surface area contributed by atoms with Crippen molar-refractivity contribution >= 4 is 5.69 Å². The Bertz CT molecular complexity index is 569. The molecule has 2 heterocycles. The third-order valence-corrected chi connectivity index (χ3v) is 2.82. The van der Waals surface area contributed by atoms with E-state index >= 15 is 0 Å². The van der Waals surface area contributed by atoms with Crippen LogP contribution in [0.3, 0.4) is 0 Å². The van der Waals surface area contributed by atoms with Gasteiger partial charge in [0.25, 0.3) is 0 Å². The number of rotatable bonds is 1. The van der Waals surface area contributed by atoms with Crippen molar-refractivity contribution in [1.82, 2.24) is 15.2 Å². The zero-order valence-electron chi connectivity index (χ0n) is 8.71. The van der Waals surface area contributed by atoms with Gasteiger partial charge in [0.2, 0.25) is 0 Å². The van der Waals surface area contributed by atoms with Crippen LogP contribution in [-0.4, -0.2) is 21.7 Å². The lowest BCUT2D eigenvalue weighted by Crippen LogP contribution is -2.11. The Kier molecular flexibility index (Phi) is 2.02. The molecule has 0 bridgehead atoms. The number of nitrogens with one attached hydrogen (secondary N) is 3. The lowest BCUT2D eigenvalue weighted by atomic mass is 10.0. The molecular formula is C11H12N4O. The van der Waals surface area contributed by atoms with Crippen LogP contribution in [0.4, 0.5) is 5.69 Å². The van der Waals surface area contributed by atoms with Gasteiger partial charge in [0.05, 0.1) is 0 Å². The number of aromatic amines is 2. The third kappa shape index (κ3) is 1.50. The number of aromatic nitrogens is 3. The minimum Gasteiger partial charge on any atom is -0.385 e. The van der Waals surface area contributed by atoms with Crippen LogP contribution in [0.1, 0.15) is 12.0 Å². The van der Waals surface area contributed by atoms with Crippen molar-refractivity contribution in [2.45, 2.75) is 12.8 Å². The topological polar surface area (TPSA) is 73.6 Å². The van der Waals surface area contributed by atoms with Gasteiger partial charge in [-0.15, -0.1) is 0 Å². The summed E-state index contributed by atoms with van der Waals surface area (Å²) in [4.78, 5) is 13.6. The summed E-state index contributed by atoms with van der Waals surface area (Å²) in [5.41, 5.74) is 3.15. The number of nitrogens with zero attached hydrogens (tertiary/aromatic N) is 1. The Balaban J connectivity index is 2.06. The minimum absolute atomic E-state index is 0.272. The van der Waals surface area contributed by atoms with Crippen molar-refractivity contribution in [3.8, 4) is 11.4 Å². The normalized spacial score (nSPS) is 14.2. The van der Waals surface area contributed by atoms with E-state index in [0.29, 0.717) is 5.82 Å². The van der Waals surface area contributed by atoms with Crippen LogP contribution in [-0.2, 0) is 6.42 Å². The van der Waals surface area contributed by atoms with Gasteiger partial charge in [0, 0.05) is 17.8 Å². The van der Waals surface area contributed by atoms with Crippen molar-refractivity contribution in [2.75, 3.05) is 11.9 Å². The third-order valence-electron chi connectivity index (χ3n) is 2.82. The Labute approximate surface area is 91.9 Å². The van der Waals surface area contributed by atoms with E-state index < -0.39 is 0 Å². The quantitative estimate of drug-likeness (QED) is 0.668. The van der Waals surface area contributed by atoms with Gasteiger partial charge in [-0.3, -0.25) is 4.98 Å². The summed E-state index contributed by atoms with van der Waals surface area (Å²) in [6.45, 7) is 1.03. The van der Waals surface area contributed by atoms with Crippen molar-refractivity contribution in [2.24, 2.45) is 0 Å². The highest BCUT2D eigenvalue weighted by atomic mass is 16.1. The lowest BCUT2D eigenvalue weighted by Gasteiger charge is -2.18. The first-order valence-corrected chi connectivity index (χ1v) is 5.35. The van der Waals surface area contributed by atoms with Gasteiger partial charge in [0.15, 0.2) is 5.82 Å². The molecule has 2 aromatic rings. The average molecular weight is 216 g/mol. The van der Waals surface area contributed by atoms with Crippen LogP contribution < -0.4 is 11.0 Å². The summed E-state index contributed by atoms with van der Waals surface area (Å²) in [6.07, 6.45) is 2.22. The maximum atomic E-state index is 11.0. The van der Waals surface area contributed by atoms with Crippen LogP contribution in [0, 0.1) is 0 Å². The molecule has 0 spiro atoms. The van der Waals surface area contributed by atoms with E-state index in [1.165, 1.54) is 11.3 Å². The Morgan fingerprint density at radius 3 is 3.06 bits per heavy atom. The first-order valence-electron chi connectivity index (χ1n) is 5.35. The fourth-order valence-corrected chi connectivity index (χ4v) is 2.03. The second-order valence-corrected chi connectivity index (χ2v) is 3.93. The molecule has 82 valence electrons. The van der Waals surface area contributed by atoms with Crippen LogP contribution in [0.5, 0.6) is 0 Å². The molecule has 0 unspecified atom stereocenters. The van der Waals surface area contributed by atoms with E-state index in [1.807, 2.05) is 12.1 Å². The summed E-state index contributed by atoms with van der Waals surface area (Å²) in [7, 11) is 0. The highest BCUT2D eigenvalue weighted by molar-refractivity contribution is 5.64. The molecule has 0 atom stereocenters. The molecule has 3 rings (SSSR count). The van der Waals surface area contributed by atoms with E-state index in [4.69, 9.17) is 0 Å². The fourth-order valence-electron chi connectivity index (χ4n) is 2.03. The SMILES string of the molecule is O=c1[nH]nc(-c2ccc3c(c2)CCCN3)[nH]1. The predicted molar refractivity (Wildman–Crippen MR) is 61.5 cm³/mol. The molecule has 1 aliphatic rings. The molecule has 0 radical (unpaired) electrons. The Morgan fingerprint density at radius 2 is 2.25 bits per heavy atom. The maximum absolute atomic E-state index is 11.0. The monoisotopic (exact) mass is 216 g/mol. The smallest absolute Gasteiger partial charge is 0.340 e. The minimum atomic E-state index is -0.272. The van der Waals surface area contributed by atoms with Gasteiger partial charge >= 0.3 is 5.69 Å². The standard InChI is InChI=1S/C11H12N4O/c16-11-13-10(14-15-11)8-3-4-9-7(6-8)2-1-5-12-9/h3-4,6,12H,1-2,5H2,(H2,13,14,15,16). The number of H-pyrrole nitrogens is 2. The molecular weight excluding hydrogens is 204 g/mol. The molecule has 5 heteroatoms. The number of hydrogen-bond acceptors (Lipinski definition) is 3. The molecule has 5 nitrogen and oxygen atoms in total. The van der Waals surface area contributed by atoms with E-state index in [2.05, 4.69) is 26.6 Å². The van der Waals surface area contributed by atoms with E-state index in [0.717, 1.165) is 24.9 Å². The van der Waals surface area contributed by atoms with Crippen molar-refractivity contribution in [3.05, 3.63) is 34.2 Å². The summed E-state index contributed by atoms with van der Waals surface area (Å²) >= 11 is 0. The van der Waals surface area contributed by atoms with Gasteiger partial charge in [-0.05, 0) is 36.6 Å². The van der Waals surface area contributed by atoms with Gasteiger partial charge in [-0.2, -0.15) is 5.10 Å². The van der Waals surface area contributed by atoms with E-state index in [-0.39, 0.29) is 5.69 Å². The fraction of sp³-hybridized carbons (Fsp3) is 0.273. The Hall–Kier alpha value is -2.04. The van der Waals surface area contributed by atoms with Gasteiger partial charge in [0.1, 0.15) is 0 Å². The number of benzene rings is 1. The van der Waals surface area contributed by atoms with Crippen LogP contribution in [0.2, 0.25) is 0 Å². The molecule has 3 N–H and O–H groups in total. The number of hydrogen-bond donors (Lipinski definition) is 3. The molecule has 0 amide bonds. The first kappa shape index (κ1) is 9.21. The molecule has 16 heavy (non-hydrogen) atoms. The molecule has 0 aliphatic carbocycles. The van der Waals surface area contributed by atoms with Crippen LogP contribution in [0.15, 0.2) is 23.0 Å². The number of fused-ring (bicyclic) bond motifs is 1. The second kappa shape index (κ2) is 3.52. The highest BCUT2D eigenvalue weighted by Crippen LogP contribution is 2.26. The van der Waals surface area contributed by atoms with E-state index in [1.54, 1.807) is 0 Å². The predicted octanol–water partition coefficient (Wildman–Crippen LogP) is 1.12. The summed E-state index contributed by atoms with van der Waals surface area (Å²) in [5, 5.41) is 9.64. The molecule has 0 fully saturated rings. The lowest BCUT2D eigenvalue weighted by molar-refractivity contribution is 0.830. The summed E-state index contributed by atoms with van der Waals surface area (Å²) in [5.74, 6) is 0.596. The molecule has 1 aromatic heterocycles. The van der Waals surface area contributed by atoms with Crippen molar-refractivity contribution in [1.29, 1.82) is 0 Å². The molecule has 1 aromatic carbocycles. The molecule has 1 aliphatic heterocycles. The largest absolute Gasteiger partial charge is 0.385 e.